The minimum Gasteiger partial charge on any atom is -0.314 e. The van der Waals surface area contributed by atoms with E-state index in [1.54, 1.807) is 12.1 Å². The fraction of sp³-hybridized carbons (Fsp3) is 0.647. The van der Waals surface area contributed by atoms with Crippen LogP contribution in [0.2, 0.25) is 0 Å². The Kier molecular flexibility index (Phi) is 11.0. The third-order valence-corrected chi connectivity index (χ3v) is 4.30. The van der Waals surface area contributed by atoms with Crippen LogP contribution in [0.5, 0.6) is 0 Å². The second-order valence-electron chi connectivity index (χ2n) is 5.88. The van der Waals surface area contributed by atoms with Gasteiger partial charge in [-0.05, 0) is 18.1 Å². The van der Waals surface area contributed by atoms with Crippen molar-refractivity contribution < 1.29 is 13.2 Å². The highest BCUT2D eigenvalue weighted by Gasteiger charge is 2.36. The molecule has 1 heterocycles. The van der Waals surface area contributed by atoms with Crippen LogP contribution >= 0.6 is 24.8 Å². The number of alkyl halides is 3. The van der Waals surface area contributed by atoms with Crippen molar-refractivity contribution in [2.45, 2.75) is 44.8 Å². The third kappa shape index (κ3) is 6.43. The minimum absolute atomic E-state index is 0. The van der Waals surface area contributed by atoms with E-state index in [1.165, 1.54) is 12.1 Å². The molecule has 1 atom stereocenters. The summed E-state index contributed by atoms with van der Waals surface area (Å²) < 4.78 is 40.0. The second-order valence-corrected chi connectivity index (χ2v) is 5.88. The summed E-state index contributed by atoms with van der Waals surface area (Å²) in [7, 11) is 0. The van der Waals surface area contributed by atoms with E-state index < -0.39 is 11.7 Å². The zero-order chi connectivity index (χ0) is 16.0. The molecule has 140 valence electrons. The van der Waals surface area contributed by atoms with Crippen molar-refractivity contribution in [1.82, 2.24) is 10.2 Å². The van der Waals surface area contributed by atoms with E-state index in [4.69, 9.17) is 0 Å². The number of nitrogens with one attached hydrogen (secondary N) is 1. The van der Waals surface area contributed by atoms with E-state index in [0.29, 0.717) is 5.56 Å². The molecular formula is C17H27Cl2F3N2. The predicted octanol–water partition coefficient (Wildman–Crippen LogP) is 5.08. The van der Waals surface area contributed by atoms with Gasteiger partial charge < -0.3 is 5.32 Å². The van der Waals surface area contributed by atoms with Crippen LogP contribution in [0, 0.1) is 0 Å². The van der Waals surface area contributed by atoms with Crippen molar-refractivity contribution in [2.75, 3.05) is 26.2 Å². The van der Waals surface area contributed by atoms with Gasteiger partial charge in [-0.2, -0.15) is 13.2 Å². The highest BCUT2D eigenvalue weighted by Crippen LogP contribution is 2.38. The number of rotatable bonds is 6. The molecule has 1 aliphatic heterocycles. The molecule has 0 spiro atoms. The van der Waals surface area contributed by atoms with Gasteiger partial charge >= 0.3 is 6.18 Å². The summed E-state index contributed by atoms with van der Waals surface area (Å²) in [5.74, 6) is 0. The Hall–Kier alpha value is -0.490. The number of halogens is 5. The van der Waals surface area contributed by atoms with Gasteiger partial charge in [0, 0.05) is 32.2 Å². The van der Waals surface area contributed by atoms with Crippen molar-refractivity contribution in [3.8, 4) is 0 Å². The van der Waals surface area contributed by atoms with E-state index in [2.05, 4.69) is 17.1 Å². The molecule has 1 saturated heterocycles. The third-order valence-electron chi connectivity index (χ3n) is 4.30. The highest BCUT2D eigenvalue weighted by molar-refractivity contribution is 5.85. The first-order valence-corrected chi connectivity index (χ1v) is 8.15. The molecule has 0 bridgehead atoms. The first-order valence-electron chi connectivity index (χ1n) is 8.15. The van der Waals surface area contributed by atoms with Gasteiger partial charge in [-0.25, -0.2) is 0 Å². The molecule has 1 aliphatic rings. The van der Waals surface area contributed by atoms with Crippen LogP contribution < -0.4 is 5.32 Å². The maximum atomic E-state index is 13.3. The van der Waals surface area contributed by atoms with Crippen molar-refractivity contribution in [1.29, 1.82) is 0 Å². The zero-order valence-corrected chi connectivity index (χ0v) is 15.6. The monoisotopic (exact) mass is 386 g/mol. The lowest BCUT2D eigenvalue weighted by molar-refractivity contribution is -0.138. The summed E-state index contributed by atoms with van der Waals surface area (Å²) in [4.78, 5) is 2.21. The van der Waals surface area contributed by atoms with Crippen LogP contribution in [0.3, 0.4) is 0 Å². The molecule has 1 fully saturated rings. The second kappa shape index (κ2) is 11.2. The van der Waals surface area contributed by atoms with Crippen LogP contribution in [0.1, 0.15) is 49.8 Å². The Morgan fingerprint density at radius 3 is 2.29 bits per heavy atom. The lowest BCUT2D eigenvalue weighted by Gasteiger charge is -2.36. The molecule has 0 saturated carbocycles. The fourth-order valence-corrected chi connectivity index (χ4v) is 3.16. The lowest BCUT2D eigenvalue weighted by atomic mass is 9.93. The molecule has 0 aromatic heterocycles. The highest BCUT2D eigenvalue weighted by atomic mass is 35.5. The number of hydrogen-bond donors (Lipinski definition) is 1. The van der Waals surface area contributed by atoms with E-state index in [9.17, 15) is 13.2 Å². The zero-order valence-electron chi connectivity index (χ0n) is 13.9. The van der Waals surface area contributed by atoms with Crippen molar-refractivity contribution >= 4 is 24.8 Å². The van der Waals surface area contributed by atoms with Crippen LogP contribution in [-0.4, -0.2) is 31.1 Å². The van der Waals surface area contributed by atoms with Gasteiger partial charge in [-0.3, -0.25) is 4.90 Å². The van der Waals surface area contributed by atoms with Crippen molar-refractivity contribution in [2.24, 2.45) is 0 Å². The molecule has 0 unspecified atom stereocenters. The van der Waals surface area contributed by atoms with Gasteiger partial charge in [0.05, 0.1) is 5.56 Å². The van der Waals surface area contributed by atoms with Gasteiger partial charge in [-0.15, -0.1) is 24.8 Å². The van der Waals surface area contributed by atoms with E-state index in [-0.39, 0.29) is 30.9 Å². The van der Waals surface area contributed by atoms with Crippen LogP contribution in [-0.2, 0) is 6.18 Å². The van der Waals surface area contributed by atoms with Crippen molar-refractivity contribution in [3.63, 3.8) is 0 Å². The van der Waals surface area contributed by atoms with Crippen LogP contribution in [0.15, 0.2) is 24.3 Å². The quantitative estimate of drug-likeness (QED) is 0.686. The number of nitrogens with zero attached hydrogens (tertiary/aromatic N) is 1. The Labute approximate surface area is 155 Å². The van der Waals surface area contributed by atoms with Gasteiger partial charge in [0.2, 0.25) is 0 Å². The molecule has 0 amide bonds. The van der Waals surface area contributed by atoms with Gasteiger partial charge in [-0.1, -0.05) is 44.4 Å². The fourth-order valence-electron chi connectivity index (χ4n) is 3.16. The Morgan fingerprint density at radius 1 is 1.08 bits per heavy atom. The summed E-state index contributed by atoms with van der Waals surface area (Å²) >= 11 is 0. The Bertz CT molecular complexity index is 463. The molecule has 2 nitrogen and oxygen atoms in total. The molecule has 7 heteroatoms. The minimum atomic E-state index is -4.28. The topological polar surface area (TPSA) is 15.3 Å². The molecule has 24 heavy (non-hydrogen) atoms. The summed E-state index contributed by atoms with van der Waals surface area (Å²) in [5.41, 5.74) is -0.0389. The Balaban J connectivity index is 0.00000264. The summed E-state index contributed by atoms with van der Waals surface area (Å²) in [6.07, 6.45) is -0.377. The standard InChI is InChI=1S/C17H25F3N2.2ClH/c1-2-3-4-9-16(22-12-10-21-11-13-22)14-7-5-6-8-15(14)17(18,19)20;;/h5-8,16,21H,2-4,9-13H2,1H3;2*1H/t16-;;/m1../s1. The average Bonchev–Trinajstić information content (AvgIpc) is 2.52. The maximum Gasteiger partial charge on any atom is 0.416 e. The lowest BCUT2D eigenvalue weighted by Crippen LogP contribution is -2.45. The van der Waals surface area contributed by atoms with Crippen molar-refractivity contribution in [3.05, 3.63) is 35.4 Å². The summed E-state index contributed by atoms with van der Waals surface area (Å²) in [6.45, 7) is 5.42. The molecule has 0 aliphatic carbocycles. The molecule has 1 aromatic rings. The van der Waals surface area contributed by atoms with E-state index >= 15 is 0 Å². The van der Waals surface area contributed by atoms with Gasteiger partial charge in [0.1, 0.15) is 0 Å². The predicted molar refractivity (Wildman–Crippen MR) is 97.3 cm³/mol. The normalized spacial score (nSPS) is 16.8. The molecule has 1 aromatic carbocycles. The van der Waals surface area contributed by atoms with E-state index in [0.717, 1.165) is 51.9 Å². The number of benzene rings is 1. The SMILES string of the molecule is CCCCC[C@H](c1ccccc1C(F)(F)F)N1CCNCC1.Cl.Cl. The number of hydrogen-bond acceptors (Lipinski definition) is 2. The largest absolute Gasteiger partial charge is 0.416 e. The molecule has 2 rings (SSSR count). The van der Waals surface area contributed by atoms with Gasteiger partial charge in [0.15, 0.2) is 0 Å². The Morgan fingerprint density at radius 2 is 1.71 bits per heavy atom. The number of piperazine rings is 1. The van der Waals surface area contributed by atoms with Gasteiger partial charge in [0.25, 0.3) is 0 Å². The number of unbranched alkanes of at least 4 members (excludes halogenated alkanes) is 2. The van der Waals surface area contributed by atoms with Crippen LogP contribution in [0.25, 0.3) is 0 Å². The summed E-state index contributed by atoms with van der Waals surface area (Å²) in [6, 6.07) is 5.94. The first-order chi connectivity index (χ1) is 10.5. The smallest absolute Gasteiger partial charge is 0.314 e. The summed E-state index contributed by atoms with van der Waals surface area (Å²) in [5, 5.41) is 3.27. The molecule has 1 N–H and O–H groups in total. The van der Waals surface area contributed by atoms with E-state index in [1.807, 2.05) is 0 Å². The molecule has 0 radical (unpaired) electrons. The molecular weight excluding hydrogens is 360 g/mol. The average molecular weight is 387 g/mol. The first kappa shape index (κ1) is 23.5. The van der Waals surface area contributed by atoms with Crippen LogP contribution in [0.4, 0.5) is 13.2 Å². The maximum absolute atomic E-state index is 13.3.